The van der Waals surface area contributed by atoms with Gasteiger partial charge in [-0.3, -0.25) is 0 Å². The van der Waals surface area contributed by atoms with E-state index in [-0.39, 0.29) is 0 Å². The van der Waals surface area contributed by atoms with Crippen LogP contribution in [-0.4, -0.2) is 19.7 Å². The van der Waals surface area contributed by atoms with Crippen molar-refractivity contribution >= 4 is 0 Å². The van der Waals surface area contributed by atoms with Crippen molar-refractivity contribution in [1.29, 1.82) is 0 Å². The minimum absolute atomic E-state index is 0.566. The van der Waals surface area contributed by atoms with Gasteiger partial charge in [-0.15, -0.1) is 0 Å². The van der Waals surface area contributed by atoms with Crippen LogP contribution in [0.5, 0.6) is 0 Å². The molecule has 5 heteroatoms. The van der Waals surface area contributed by atoms with Crippen LogP contribution in [-0.2, 0) is 13.0 Å². The highest BCUT2D eigenvalue weighted by atomic mass is 16.5. The van der Waals surface area contributed by atoms with Crippen molar-refractivity contribution in [2.24, 2.45) is 0 Å². The van der Waals surface area contributed by atoms with Crippen LogP contribution in [0.1, 0.15) is 24.1 Å². The first-order valence-corrected chi connectivity index (χ1v) is 6.66. The van der Waals surface area contributed by atoms with Gasteiger partial charge in [0.1, 0.15) is 5.82 Å². The molecule has 0 bridgehead atoms. The van der Waals surface area contributed by atoms with Crippen LogP contribution in [0.15, 0.2) is 41.2 Å². The van der Waals surface area contributed by atoms with Crippen LogP contribution in [0.4, 0.5) is 0 Å². The van der Waals surface area contributed by atoms with Gasteiger partial charge in [-0.2, -0.15) is 4.98 Å². The fraction of sp³-hybridized carbons (Fsp3) is 0.267. The molecule has 0 aliphatic carbocycles. The van der Waals surface area contributed by atoms with Gasteiger partial charge in [0.2, 0.25) is 0 Å². The molecule has 0 fully saturated rings. The number of nitrogens with zero attached hydrogens (tertiary/aromatic N) is 4. The fourth-order valence-corrected chi connectivity index (χ4v) is 2.19. The van der Waals surface area contributed by atoms with Crippen LogP contribution < -0.4 is 0 Å². The quantitative estimate of drug-likeness (QED) is 0.730. The second-order valence-electron chi connectivity index (χ2n) is 4.66. The molecule has 0 saturated heterocycles. The number of aryl methyl sites for hydroxylation is 2. The van der Waals surface area contributed by atoms with Crippen molar-refractivity contribution < 1.29 is 4.52 Å². The van der Waals surface area contributed by atoms with Crippen LogP contribution in [0.2, 0.25) is 0 Å². The summed E-state index contributed by atoms with van der Waals surface area (Å²) < 4.78 is 7.39. The van der Waals surface area contributed by atoms with Gasteiger partial charge >= 0.3 is 0 Å². The lowest BCUT2D eigenvalue weighted by Crippen LogP contribution is -2.04. The summed E-state index contributed by atoms with van der Waals surface area (Å²) in [6.07, 6.45) is 4.61. The van der Waals surface area contributed by atoms with Gasteiger partial charge in [-0.25, -0.2) is 4.98 Å². The average Bonchev–Trinajstić information content (AvgIpc) is 3.09. The molecule has 0 spiro atoms. The van der Waals surface area contributed by atoms with E-state index in [0.717, 1.165) is 23.4 Å². The molecular formula is C15H16N4O. The van der Waals surface area contributed by atoms with E-state index in [1.165, 1.54) is 0 Å². The van der Waals surface area contributed by atoms with Crippen LogP contribution >= 0.6 is 0 Å². The Hall–Kier alpha value is -2.43. The smallest absolute Gasteiger partial charge is 0.258 e. The van der Waals surface area contributed by atoms with Crippen molar-refractivity contribution in [3.8, 4) is 11.5 Å². The van der Waals surface area contributed by atoms with E-state index >= 15 is 0 Å². The van der Waals surface area contributed by atoms with Gasteiger partial charge in [0.05, 0.1) is 6.54 Å². The molecule has 0 aliphatic rings. The Morgan fingerprint density at radius 1 is 1.25 bits per heavy atom. The number of hydrogen-bond donors (Lipinski definition) is 0. The summed E-state index contributed by atoms with van der Waals surface area (Å²) in [6, 6.07) is 7.98. The van der Waals surface area contributed by atoms with Crippen molar-refractivity contribution in [3.05, 3.63) is 53.9 Å². The zero-order chi connectivity index (χ0) is 13.9. The highest BCUT2D eigenvalue weighted by molar-refractivity contribution is 5.57. The Balaban J connectivity index is 1.86. The monoisotopic (exact) mass is 268 g/mol. The second kappa shape index (κ2) is 5.28. The molecule has 20 heavy (non-hydrogen) atoms. The fourth-order valence-electron chi connectivity index (χ4n) is 2.19. The molecule has 0 N–H and O–H groups in total. The van der Waals surface area contributed by atoms with Crippen LogP contribution in [0, 0.1) is 6.92 Å². The second-order valence-corrected chi connectivity index (χ2v) is 4.66. The third kappa shape index (κ3) is 2.34. The van der Waals surface area contributed by atoms with Gasteiger partial charge in [-0.1, -0.05) is 30.3 Å². The Bertz CT molecular complexity index is 714. The van der Waals surface area contributed by atoms with Crippen molar-refractivity contribution in [2.75, 3.05) is 0 Å². The predicted octanol–water partition coefficient (Wildman–Crippen LogP) is 2.85. The van der Waals surface area contributed by atoms with Gasteiger partial charge in [0.25, 0.3) is 5.89 Å². The summed E-state index contributed by atoms with van der Waals surface area (Å²) in [5, 5.41) is 4.05. The molecule has 102 valence electrons. The maximum absolute atomic E-state index is 5.36. The lowest BCUT2D eigenvalue weighted by atomic mass is 10.1. The number of hydrogen-bond acceptors (Lipinski definition) is 4. The maximum Gasteiger partial charge on any atom is 0.258 e. The summed E-state index contributed by atoms with van der Waals surface area (Å²) in [5.74, 6) is 2.25. The van der Waals surface area contributed by atoms with E-state index in [1.54, 1.807) is 6.20 Å². The van der Waals surface area contributed by atoms with Gasteiger partial charge in [0, 0.05) is 24.4 Å². The van der Waals surface area contributed by atoms with Crippen LogP contribution in [0.3, 0.4) is 0 Å². The Kier molecular flexibility index (Phi) is 3.33. The standard InChI is InChI=1S/C15H16N4O/c1-3-14-16-8-9-19(14)10-13-17-15(20-18-13)12-7-5-4-6-11(12)2/h4-9H,3,10H2,1-2H3. The minimum Gasteiger partial charge on any atom is -0.334 e. The van der Waals surface area contributed by atoms with Crippen LogP contribution in [0.25, 0.3) is 11.5 Å². The maximum atomic E-state index is 5.36. The summed E-state index contributed by atoms with van der Waals surface area (Å²) >= 11 is 0. The third-order valence-corrected chi connectivity index (χ3v) is 3.27. The first-order valence-electron chi connectivity index (χ1n) is 6.66. The summed E-state index contributed by atoms with van der Waals surface area (Å²) in [5.41, 5.74) is 2.10. The number of aromatic nitrogens is 4. The lowest BCUT2D eigenvalue weighted by molar-refractivity contribution is 0.420. The molecule has 0 atom stereocenters. The molecule has 0 unspecified atom stereocenters. The Labute approximate surface area is 117 Å². The largest absolute Gasteiger partial charge is 0.334 e. The third-order valence-electron chi connectivity index (χ3n) is 3.27. The first-order chi connectivity index (χ1) is 9.78. The number of imidazole rings is 1. The molecule has 0 radical (unpaired) electrons. The molecule has 2 heterocycles. The van der Waals surface area contributed by atoms with E-state index in [0.29, 0.717) is 18.3 Å². The molecular weight excluding hydrogens is 252 g/mol. The number of rotatable bonds is 4. The summed E-state index contributed by atoms with van der Waals surface area (Å²) in [7, 11) is 0. The first kappa shape index (κ1) is 12.6. The molecule has 1 aromatic carbocycles. The van der Waals surface area contributed by atoms with Crippen molar-refractivity contribution in [2.45, 2.75) is 26.8 Å². The molecule has 3 rings (SSSR count). The van der Waals surface area contributed by atoms with E-state index in [4.69, 9.17) is 4.52 Å². The zero-order valence-corrected chi connectivity index (χ0v) is 11.6. The van der Waals surface area contributed by atoms with E-state index in [2.05, 4.69) is 22.0 Å². The normalized spacial score (nSPS) is 10.9. The van der Waals surface area contributed by atoms with Crippen molar-refractivity contribution in [3.63, 3.8) is 0 Å². The predicted molar refractivity (Wildman–Crippen MR) is 75.2 cm³/mol. The summed E-state index contributed by atoms with van der Waals surface area (Å²) in [6.45, 7) is 4.69. The van der Waals surface area contributed by atoms with E-state index in [9.17, 15) is 0 Å². The lowest BCUT2D eigenvalue weighted by Gasteiger charge is -2.01. The van der Waals surface area contributed by atoms with Crippen molar-refractivity contribution in [1.82, 2.24) is 19.7 Å². The summed E-state index contributed by atoms with van der Waals surface area (Å²) in [4.78, 5) is 8.75. The van der Waals surface area contributed by atoms with Gasteiger partial charge in [0.15, 0.2) is 5.82 Å². The van der Waals surface area contributed by atoms with Gasteiger partial charge < -0.3 is 9.09 Å². The van der Waals surface area contributed by atoms with E-state index in [1.807, 2.05) is 42.0 Å². The Morgan fingerprint density at radius 3 is 2.90 bits per heavy atom. The molecule has 2 aromatic heterocycles. The molecule has 0 saturated carbocycles. The van der Waals surface area contributed by atoms with Gasteiger partial charge in [-0.05, 0) is 18.6 Å². The Morgan fingerprint density at radius 2 is 2.10 bits per heavy atom. The highest BCUT2D eigenvalue weighted by Crippen LogP contribution is 2.21. The van der Waals surface area contributed by atoms with E-state index < -0.39 is 0 Å². The average molecular weight is 268 g/mol. The zero-order valence-electron chi connectivity index (χ0n) is 11.6. The number of benzene rings is 1. The molecule has 3 aromatic rings. The highest BCUT2D eigenvalue weighted by Gasteiger charge is 2.11. The molecule has 0 amide bonds. The minimum atomic E-state index is 0.566. The SMILES string of the molecule is CCc1nccn1Cc1noc(-c2ccccc2C)n1. The molecule has 0 aliphatic heterocycles. The topological polar surface area (TPSA) is 56.7 Å². The molecule has 5 nitrogen and oxygen atoms in total.